The van der Waals surface area contributed by atoms with Gasteiger partial charge in [0.15, 0.2) is 0 Å². The van der Waals surface area contributed by atoms with Crippen LogP contribution in [-0.2, 0) is 0 Å². The first-order valence-corrected chi connectivity index (χ1v) is 7.25. The lowest BCUT2D eigenvalue weighted by Gasteiger charge is -2.20. The number of hydrogen-bond donors (Lipinski definition) is 0. The van der Waals surface area contributed by atoms with Gasteiger partial charge in [-0.15, -0.1) is 0 Å². The second kappa shape index (κ2) is 9.24. The molecular formula is C15H29. The van der Waals surface area contributed by atoms with Crippen LogP contribution in [-0.4, -0.2) is 0 Å². The van der Waals surface area contributed by atoms with Gasteiger partial charge in [0.1, 0.15) is 0 Å². The average Bonchev–Trinajstić information content (AvgIpc) is 2.29. The molecule has 0 spiro atoms. The van der Waals surface area contributed by atoms with E-state index in [1.54, 1.807) is 0 Å². The Morgan fingerprint density at radius 3 is 2.13 bits per heavy atom. The molecule has 1 aliphatic carbocycles. The fourth-order valence-corrected chi connectivity index (χ4v) is 2.67. The summed E-state index contributed by atoms with van der Waals surface area (Å²) in [4.78, 5) is 0. The molecule has 1 aliphatic rings. The molecule has 0 unspecified atom stereocenters. The van der Waals surface area contributed by atoms with Crippen molar-refractivity contribution in [1.82, 2.24) is 0 Å². The summed E-state index contributed by atoms with van der Waals surface area (Å²) in [7, 11) is 0. The molecule has 0 aromatic rings. The highest BCUT2D eigenvalue weighted by atomic mass is 14.2. The summed E-state index contributed by atoms with van der Waals surface area (Å²) >= 11 is 0. The number of hydrogen-bond acceptors (Lipinski definition) is 0. The molecule has 15 heavy (non-hydrogen) atoms. The maximum atomic E-state index is 2.47. The van der Waals surface area contributed by atoms with E-state index < -0.39 is 0 Å². The van der Waals surface area contributed by atoms with Gasteiger partial charge in [0.25, 0.3) is 0 Å². The van der Waals surface area contributed by atoms with Gasteiger partial charge in [-0.05, 0) is 25.2 Å². The van der Waals surface area contributed by atoms with Crippen LogP contribution in [0.15, 0.2) is 0 Å². The Bertz CT molecular complexity index is 122. The summed E-state index contributed by atoms with van der Waals surface area (Å²) in [6, 6.07) is 0. The van der Waals surface area contributed by atoms with Gasteiger partial charge in [0, 0.05) is 0 Å². The van der Waals surface area contributed by atoms with Crippen molar-refractivity contribution in [3.8, 4) is 0 Å². The molecule has 1 radical (unpaired) electrons. The van der Waals surface area contributed by atoms with Crippen molar-refractivity contribution >= 4 is 0 Å². The highest BCUT2D eigenvalue weighted by molar-refractivity contribution is 4.76. The molecule has 89 valence electrons. The van der Waals surface area contributed by atoms with Crippen molar-refractivity contribution < 1.29 is 0 Å². The van der Waals surface area contributed by atoms with Crippen LogP contribution in [0.2, 0.25) is 0 Å². The van der Waals surface area contributed by atoms with Gasteiger partial charge in [-0.25, -0.2) is 0 Å². The van der Waals surface area contributed by atoms with Crippen LogP contribution in [0, 0.1) is 12.3 Å². The fourth-order valence-electron chi connectivity index (χ4n) is 2.67. The topological polar surface area (TPSA) is 0 Å². The summed E-state index contributed by atoms with van der Waals surface area (Å²) in [6.07, 6.45) is 20.0. The molecule has 0 aromatic carbocycles. The van der Waals surface area contributed by atoms with Crippen molar-refractivity contribution in [2.24, 2.45) is 5.92 Å². The first-order chi connectivity index (χ1) is 7.43. The molecule has 0 heteroatoms. The normalized spacial score (nSPS) is 18.2. The summed E-state index contributed by atoms with van der Waals surface area (Å²) in [5, 5.41) is 0. The zero-order valence-electron chi connectivity index (χ0n) is 10.6. The Morgan fingerprint density at radius 1 is 0.867 bits per heavy atom. The van der Waals surface area contributed by atoms with Crippen molar-refractivity contribution in [1.29, 1.82) is 0 Å². The van der Waals surface area contributed by atoms with E-state index in [4.69, 9.17) is 0 Å². The Morgan fingerprint density at radius 2 is 1.47 bits per heavy atom. The predicted octanol–water partition coefficient (Wildman–Crippen LogP) is 5.52. The first-order valence-electron chi connectivity index (χ1n) is 7.25. The summed E-state index contributed by atoms with van der Waals surface area (Å²) in [5.74, 6) is 1.07. The third-order valence-electron chi connectivity index (χ3n) is 3.77. The van der Waals surface area contributed by atoms with E-state index in [2.05, 4.69) is 13.3 Å². The Balaban J connectivity index is 1.79. The Kier molecular flexibility index (Phi) is 8.05. The molecule has 0 aliphatic heterocycles. The molecule has 1 saturated carbocycles. The largest absolute Gasteiger partial charge is 0.0654 e. The zero-order chi connectivity index (χ0) is 10.8. The molecule has 1 rings (SSSR count). The quantitative estimate of drug-likeness (QED) is 0.462. The minimum Gasteiger partial charge on any atom is -0.0654 e. The lowest BCUT2D eigenvalue weighted by Crippen LogP contribution is -2.06. The SMILES string of the molecule is CCCCCCCCCC1CC[CH]CC1. The van der Waals surface area contributed by atoms with Crippen molar-refractivity contribution in [2.45, 2.75) is 84.0 Å². The zero-order valence-corrected chi connectivity index (χ0v) is 10.6. The fraction of sp³-hybridized carbons (Fsp3) is 0.933. The molecule has 0 bridgehead atoms. The standard InChI is InChI=1S/C15H29/c1-2-3-4-5-6-7-9-12-15-13-10-8-11-14-15/h8,15H,2-7,9-14H2,1H3. The molecule has 0 nitrogen and oxygen atoms in total. The first kappa shape index (κ1) is 13.1. The predicted molar refractivity (Wildman–Crippen MR) is 68.9 cm³/mol. The minimum atomic E-state index is 1.07. The molecule has 1 fully saturated rings. The van der Waals surface area contributed by atoms with Gasteiger partial charge in [-0.3, -0.25) is 0 Å². The molecule has 0 heterocycles. The van der Waals surface area contributed by atoms with E-state index in [1.165, 1.54) is 77.0 Å². The third-order valence-corrected chi connectivity index (χ3v) is 3.77. The summed E-state index contributed by atoms with van der Waals surface area (Å²) in [5.41, 5.74) is 0. The van der Waals surface area contributed by atoms with Crippen molar-refractivity contribution in [3.05, 3.63) is 6.42 Å². The van der Waals surface area contributed by atoms with Gasteiger partial charge in [0.05, 0.1) is 0 Å². The maximum Gasteiger partial charge on any atom is -0.0386 e. The highest BCUT2D eigenvalue weighted by Gasteiger charge is 2.12. The van der Waals surface area contributed by atoms with Crippen molar-refractivity contribution in [2.75, 3.05) is 0 Å². The average molecular weight is 209 g/mol. The monoisotopic (exact) mass is 209 g/mol. The summed E-state index contributed by atoms with van der Waals surface area (Å²) < 4.78 is 0. The molecule has 0 aromatic heterocycles. The van der Waals surface area contributed by atoms with E-state index >= 15 is 0 Å². The molecule has 0 atom stereocenters. The second-order valence-electron chi connectivity index (χ2n) is 5.22. The molecule has 0 saturated heterocycles. The second-order valence-corrected chi connectivity index (χ2v) is 5.22. The van der Waals surface area contributed by atoms with E-state index in [1.807, 2.05) is 0 Å². The minimum absolute atomic E-state index is 1.07. The number of unbranched alkanes of at least 4 members (excludes halogenated alkanes) is 6. The van der Waals surface area contributed by atoms with E-state index in [0.29, 0.717) is 0 Å². The van der Waals surface area contributed by atoms with Crippen LogP contribution in [0.1, 0.15) is 84.0 Å². The number of rotatable bonds is 8. The van der Waals surface area contributed by atoms with Gasteiger partial charge >= 0.3 is 0 Å². The lowest BCUT2D eigenvalue weighted by atomic mass is 9.85. The van der Waals surface area contributed by atoms with Crippen LogP contribution < -0.4 is 0 Å². The van der Waals surface area contributed by atoms with Gasteiger partial charge in [-0.2, -0.15) is 0 Å². The van der Waals surface area contributed by atoms with Crippen LogP contribution in [0.5, 0.6) is 0 Å². The van der Waals surface area contributed by atoms with Crippen LogP contribution in [0.25, 0.3) is 0 Å². The third kappa shape index (κ3) is 6.98. The highest BCUT2D eigenvalue weighted by Crippen LogP contribution is 2.27. The smallest absolute Gasteiger partial charge is 0.0386 e. The van der Waals surface area contributed by atoms with Gasteiger partial charge in [-0.1, -0.05) is 71.1 Å². The van der Waals surface area contributed by atoms with Crippen molar-refractivity contribution in [3.63, 3.8) is 0 Å². The maximum absolute atomic E-state index is 2.47. The Hall–Kier alpha value is 0. The summed E-state index contributed by atoms with van der Waals surface area (Å²) in [6.45, 7) is 2.29. The molecule has 0 N–H and O–H groups in total. The van der Waals surface area contributed by atoms with Crippen LogP contribution in [0.3, 0.4) is 0 Å². The van der Waals surface area contributed by atoms with E-state index in [-0.39, 0.29) is 0 Å². The van der Waals surface area contributed by atoms with Crippen LogP contribution in [0.4, 0.5) is 0 Å². The van der Waals surface area contributed by atoms with Gasteiger partial charge < -0.3 is 0 Å². The van der Waals surface area contributed by atoms with E-state index in [9.17, 15) is 0 Å². The molecular weight excluding hydrogens is 180 g/mol. The molecule has 0 amide bonds. The lowest BCUT2D eigenvalue weighted by molar-refractivity contribution is 0.364. The van der Waals surface area contributed by atoms with E-state index in [0.717, 1.165) is 5.92 Å². The van der Waals surface area contributed by atoms with Crippen LogP contribution >= 0.6 is 0 Å². The Labute approximate surface area is 96.8 Å². The van der Waals surface area contributed by atoms with Gasteiger partial charge in [0.2, 0.25) is 0 Å².